The van der Waals surface area contributed by atoms with Gasteiger partial charge in [-0.3, -0.25) is 14.4 Å². The second-order valence-corrected chi connectivity index (χ2v) is 15.3. The molecule has 1 aliphatic rings. The van der Waals surface area contributed by atoms with Crippen LogP contribution in [0.4, 0.5) is 5.82 Å². The van der Waals surface area contributed by atoms with Crippen LogP contribution in [-0.4, -0.2) is 67.6 Å². The molecule has 3 heterocycles. The molecule has 1 aliphatic heterocycles. The number of aliphatic hydroxyl groups is 1. The van der Waals surface area contributed by atoms with E-state index in [1.54, 1.807) is 17.4 Å². The number of hydrogen-bond acceptors (Lipinski definition) is 9. The average Bonchev–Trinajstić information content (AvgIpc) is 3.73. The zero-order valence-electron chi connectivity index (χ0n) is 29.9. The lowest BCUT2D eigenvalue weighted by molar-refractivity contribution is -0.144. The zero-order chi connectivity index (χ0) is 37.6. The number of carbonyl (C=O) groups is 3. The molecule has 0 saturated carbocycles. The van der Waals surface area contributed by atoms with E-state index in [1.165, 1.54) is 4.90 Å². The van der Waals surface area contributed by atoms with Crippen molar-refractivity contribution in [3.05, 3.63) is 82.1 Å². The molecule has 1 fully saturated rings. The van der Waals surface area contributed by atoms with E-state index in [1.807, 2.05) is 88.7 Å². The van der Waals surface area contributed by atoms with Crippen LogP contribution in [0.2, 0.25) is 5.15 Å². The lowest BCUT2D eigenvalue weighted by Gasteiger charge is -2.35. The van der Waals surface area contributed by atoms with Gasteiger partial charge in [-0.1, -0.05) is 80.6 Å². The molecular weight excluding hydrogens is 698 g/mol. The fourth-order valence-corrected chi connectivity index (χ4v) is 7.05. The van der Waals surface area contributed by atoms with Crippen molar-refractivity contribution in [2.24, 2.45) is 5.41 Å². The molecule has 5 N–H and O–H groups in total. The minimum absolute atomic E-state index is 0.00773. The van der Waals surface area contributed by atoms with E-state index in [0.29, 0.717) is 18.4 Å². The summed E-state index contributed by atoms with van der Waals surface area (Å²) in [6.07, 6.45) is 0.409. The van der Waals surface area contributed by atoms with Crippen LogP contribution >= 0.6 is 22.9 Å². The highest BCUT2D eigenvalue weighted by atomic mass is 35.5. The van der Waals surface area contributed by atoms with Crippen LogP contribution in [0, 0.1) is 24.2 Å². The van der Waals surface area contributed by atoms with Crippen LogP contribution in [0.3, 0.4) is 0 Å². The number of amides is 3. The van der Waals surface area contributed by atoms with Crippen LogP contribution in [0.1, 0.15) is 76.2 Å². The summed E-state index contributed by atoms with van der Waals surface area (Å²) in [5.74, 6) is 5.46. The number of aliphatic hydroxyl groups excluding tert-OH is 1. The van der Waals surface area contributed by atoms with E-state index in [4.69, 9.17) is 17.3 Å². The van der Waals surface area contributed by atoms with Gasteiger partial charge in [0, 0.05) is 36.9 Å². The zero-order valence-corrected chi connectivity index (χ0v) is 31.5. The molecule has 52 heavy (non-hydrogen) atoms. The first kappa shape index (κ1) is 38.4. The Kier molecular flexibility index (Phi) is 12.3. The number of rotatable bonds is 10. The predicted molar refractivity (Wildman–Crippen MR) is 204 cm³/mol. The van der Waals surface area contributed by atoms with Crippen molar-refractivity contribution < 1.29 is 19.5 Å². The molecule has 4 aromatic rings. The molecule has 0 spiro atoms. The van der Waals surface area contributed by atoms with Gasteiger partial charge in [-0.25, -0.2) is 4.98 Å². The molecule has 0 radical (unpaired) electrons. The van der Waals surface area contributed by atoms with E-state index in [-0.39, 0.29) is 48.2 Å². The highest BCUT2D eigenvalue weighted by Crippen LogP contribution is 2.30. The van der Waals surface area contributed by atoms with Crippen LogP contribution < -0.4 is 16.4 Å². The summed E-state index contributed by atoms with van der Waals surface area (Å²) >= 11 is 7.54. The second-order valence-electron chi connectivity index (χ2n) is 14.1. The van der Waals surface area contributed by atoms with Gasteiger partial charge >= 0.3 is 0 Å². The summed E-state index contributed by atoms with van der Waals surface area (Å²) in [6, 6.07) is 15.0. The summed E-state index contributed by atoms with van der Waals surface area (Å²) in [7, 11) is 0. The highest BCUT2D eigenvalue weighted by molar-refractivity contribution is 7.13. The summed E-state index contributed by atoms with van der Waals surface area (Å²) < 4.78 is 0. The lowest BCUT2D eigenvalue weighted by Crippen LogP contribution is -2.57. The van der Waals surface area contributed by atoms with Gasteiger partial charge in [0.2, 0.25) is 17.7 Å². The third kappa shape index (κ3) is 9.53. The van der Waals surface area contributed by atoms with E-state index in [0.717, 1.165) is 32.8 Å². The number of unbranched alkanes of at least 4 members (excludes halogenated alkanes) is 1. The Labute approximate surface area is 313 Å². The van der Waals surface area contributed by atoms with Crippen molar-refractivity contribution in [3.8, 4) is 33.4 Å². The maximum absolute atomic E-state index is 14.0. The predicted octanol–water partition coefficient (Wildman–Crippen LogP) is 5.70. The molecular formula is C39H44ClN7O4S. The number of hydrogen-bond donors (Lipinski definition) is 4. The van der Waals surface area contributed by atoms with Crippen LogP contribution in [-0.2, 0) is 14.4 Å². The fourth-order valence-electron chi connectivity index (χ4n) is 6.09. The Morgan fingerprint density at radius 2 is 1.77 bits per heavy atom. The normalized spacial score (nSPS) is 16.8. The number of anilines is 1. The minimum Gasteiger partial charge on any atom is -0.391 e. The van der Waals surface area contributed by atoms with Crippen LogP contribution in [0.15, 0.2) is 60.1 Å². The first-order chi connectivity index (χ1) is 24.7. The van der Waals surface area contributed by atoms with Gasteiger partial charge in [0.1, 0.15) is 12.1 Å². The molecule has 0 bridgehead atoms. The standard InChI is InChI=1S/C39H44ClN7O4S/c1-23(26-15-17-28(18-16-26)34-24(2)42-22-52-34)43-37(50)31-19-29(48)21-47(31)38(51)35(39(3,4)5)44-33(49)10-8-6-7-9-25-11-13-27(14-12-25)30-20-32(40)45-46-36(30)41/h11-18,20,22-23,29,31,35,48H,6,8,10,19,21H2,1-5H3,(H2,41,46)(H,43,50)(H,44,49)/t23?,29-,31+,35?/m1/s1. The Balaban J connectivity index is 1.15. The van der Waals surface area contributed by atoms with Gasteiger partial charge < -0.3 is 26.4 Å². The number of thiazole rings is 1. The maximum atomic E-state index is 14.0. The number of halogens is 1. The smallest absolute Gasteiger partial charge is 0.246 e. The molecule has 5 rings (SSSR count). The van der Waals surface area contributed by atoms with E-state index < -0.39 is 29.5 Å². The van der Waals surface area contributed by atoms with E-state index >= 15 is 0 Å². The number of β-amino-alcohol motifs (C(OH)–C–C–N with tert-alkyl or cyclic N) is 1. The molecule has 2 unspecified atom stereocenters. The average molecular weight is 742 g/mol. The first-order valence-corrected chi connectivity index (χ1v) is 18.4. The summed E-state index contributed by atoms with van der Waals surface area (Å²) in [5, 5.41) is 24.4. The number of nitrogen functional groups attached to an aromatic ring is 1. The highest BCUT2D eigenvalue weighted by Gasteiger charge is 2.44. The largest absolute Gasteiger partial charge is 0.391 e. The summed E-state index contributed by atoms with van der Waals surface area (Å²) in [4.78, 5) is 47.4. The molecule has 272 valence electrons. The van der Waals surface area contributed by atoms with Crippen molar-refractivity contribution in [2.75, 3.05) is 12.3 Å². The van der Waals surface area contributed by atoms with Crippen molar-refractivity contribution in [1.29, 1.82) is 0 Å². The maximum Gasteiger partial charge on any atom is 0.246 e. The Hall–Kier alpha value is -4.83. The van der Waals surface area contributed by atoms with Gasteiger partial charge in [0.15, 0.2) is 11.0 Å². The van der Waals surface area contributed by atoms with Gasteiger partial charge in [-0.2, -0.15) is 0 Å². The first-order valence-electron chi connectivity index (χ1n) is 17.2. The van der Waals surface area contributed by atoms with Gasteiger partial charge in [-0.15, -0.1) is 21.5 Å². The van der Waals surface area contributed by atoms with Crippen LogP contribution in [0.5, 0.6) is 0 Å². The van der Waals surface area contributed by atoms with Gasteiger partial charge in [0.05, 0.1) is 28.2 Å². The third-order valence-corrected chi connectivity index (χ3v) is 10.1. The number of benzene rings is 2. The molecule has 11 nitrogen and oxygen atoms in total. The number of aromatic nitrogens is 3. The molecule has 3 amide bonds. The number of nitrogens with zero attached hydrogens (tertiary/aromatic N) is 4. The van der Waals surface area contributed by atoms with Crippen molar-refractivity contribution in [2.45, 2.75) is 84.5 Å². The summed E-state index contributed by atoms with van der Waals surface area (Å²) in [6.45, 7) is 9.45. The molecule has 0 aliphatic carbocycles. The lowest BCUT2D eigenvalue weighted by atomic mass is 9.85. The number of nitrogens with one attached hydrogen (secondary N) is 2. The number of likely N-dealkylation sites (tertiary alicyclic amines) is 1. The SMILES string of the molecule is Cc1ncsc1-c1ccc(C(C)NC(=O)[C@@H]2C[C@@H](O)CN2C(=O)C(NC(=O)CCCC#Cc2ccc(-c3cc(Cl)nnc3N)cc2)C(C)(C)C)cc1. The second kappa shape index (κ2) is 16.7. The van der Waals surface area contributed by atoms with Crippen molar-refractivity contribution in [3.63, 3.8) is 0 Å². The Morgan fingerprint density at radius 1 is 1.08 bits per heavy atom. The van der Waals surface area contributed by atoms with Gasteiger partial charge in [0.25, 0.3) is 0 Å². The van der Waals surface area contributed by atoms with Crippen LogP contribution in [0.25, 0.3) is 21.6 Å². The molecule has 2 aromatic heterocycles. The van der Waals surface area contributed by atoms with Crippen molar-refractivity contribution in [1.82, 2.24) is 30.7 Å². The molecule has 1 saturated heterocycles. The summed E-state index contributed by atoms with van der Waals surface area (Å²) in [5.41, 5.74) is 12.4. The Morgan fingerprint density at radius 3 is 2.42 bits per heavy atom. The topological polar surface area (TPSA) is 163 Å². The Bertz CT molecular complexity index is 1970. The quantitative estimate of drug-likeness (QED) is 0.119. The molecule has 4 atom stereocenters. The third-order valence-electron chi connectivity index (χ3n) is 8.99. The van der Waals surface area contributed by atoms with Gasteiger partial charge in [-0.05, 0) is 60.6 Å². The minimum atomic E-state index is -0.898. The monoisotopic (exact) mass is 741 g/mol. The number of nitrogens with two attached hydrogens (primary N) is 1. The van der Waals surface area contributed by atoms with Crippen molar-refractivity contribution >= 4 is 46.5 Å². The number of carbonyl (C=O) groups excluding carboxylic acids is 3. The van der Waals surface area contributed by atoms with E-state index in [2.05, 4.69) is 37.7 Å². The molecule has 2 aromatic carbocycles. The van der Waals surface area contributed by atoms with E-state index in [9.17, 15) is 19.5 Å². The fraction of sp³-hybridized carbons (Fsp3) is 0.385. The number of aryl methyl sites for hydroxylation is 1. The molecule has 13 heteroatoms.